The van der Waals surface area contributed by atoms with Gasteiger partial charge in [0.15, 0.2) is 0 Å². The highest BCUT2D eigenvalue weighted by Gasteiger charge is 2.31. The molecule has 0 saturated heterocycles. The number of rotatable bonds is 3. The third-order valence-corrected chi connectivity index (χ3v) is 4.10. The standard InChI is InChI=1S/C18H16F2N2O2/c1-10(11-2-4-12(19)5-3-11)21-18(24)15-9-17(23)22-16-8-13(20)6-7-14(15)16/h2-8,10,15H,9H2,1H3,(H,21,24)(H,22,23)/t10-,15-/m1/s1. The lowest BCUT2D eigenvalue weighted by Crippen LogP contribution is -2.36. The summed E-state index contributed by atoms with van der Waals surface area (Å²) in [6.07, 6.45) is 0.000599. The maximum absolute atomic E-state index is 13.3. The highest BCUT2D eigenvalue weighted by atomic mass is 19.1. The topological polar surface area (TPSA) is 58.2 Å². The first-order chi connectivity index (χ1) is 11.4. The van der Waals surface area contributed by atoms with Gasteiger partial charge in [0.2, 0.25) is 11.8 Å². The van der Waals surface area contributed by atoms with Gasteiger partial charge < -0.3 is 10.6 Å². The number of carbonyl (C=O) groups excluding carboxylic acids is 2. The molecule has 0 aromatic heterocycles. The lowest BCUT2D eigenvalue weighted by Gasteiger charge is -2.26. The number of hydrogen-bond donors (Lipinski definition) is 2. The number of carbonyl (C=O) groups is 2. The molecule has 0 unspecified atom stereocenters. The van der Waals surface area contributed by atoms with Gasteiger partial charge in [-0.05, 0) is 42.3 Å². The monoisotopic (exact) mass is 330 g/mol. The van der Waals surface area contributed by atoms with Crippen molar-refractivity contribution < 1.29 is 18.4 Å². The van der Waals surface area contributed by atoms with Gasteiger partial charge in [-0.15, -0.1) is 0 Å². The molecule has 1 heterocycles. The van der Waals surface area contributed by atoms with Crippen LogP contribution < -0.4 is 10.6 Å². The third-order valence-electron chi connectivity index (χ3n) is 4.10. The van der Waals surface area contributed by atoms with Crippen LogP contribution in [-0.2, 0) is 9.59 Å². The van der Waals surface area contributed by atoms with E-state index in [-0.39, 0.29) is 30.1 Å². The highest BCUT2D eigenvalue weighted by molar-refractivity contribution is 6.01. The molecule has 1 aliphatic heterocycles. The maximum Gasteiger partial charge on any atom is 0.228 e. The van der Waals surface area contributed by atoms with Crippen molar-refractivity contribution in [3.63, 3.8) is 0 Å². The predicted molar refractivity (Wildman–Crippen MR) is 85.3 cm³/mol. The van der Waals surface area contributed by atoms with Gasteiger partial charge in [-0.25, -0.2) is 8.78 Å². The van der Waals surface area contributed by atoms with Crippen molar-refractivity contribution >= 4 is 17.5 Å². The van der Waals surface area contributed by atoms with Crippen LogP contribution in [0.3, 0.4) is 0 Å². The molecule has 1 aliphatic rings. The van der Waals surface area contributed by atoms with E-state index in [0.29, 0.717) is 11.3 Å². The summed E-state index contributed by atoms with van der Waals surface area (Å²) in [5.74, 6) is -2.17. The quantitative estimate of drug-likeness (QED) is 0.907. The molecule has 3 rings (SSSR count). The molecule has 0 radical (unpaired) electrons. The van der Waals surface area contributed by atoms with E-state index in [4.69, 9.17) is 0 Å². The van der Waals surface area contributed by atoms with Crippen molar-refractivity contribution in [3.05, 3.63) is 65.2 Å². The molecule has 2 aromatic rings. The Bertz CT molecular complexity index is 790. The number of fused-ring (bicyclic) bond motifs is 1. The first-order valence-electron chi connectivity index (χ1n) is 7.59. The molecule has 6 heteroatoms. The highest BCUT2D eigenvalue weighted by Crippen LogP contribution is 2.33. The largest absolute Gasteiger partial charge is 0.349 e. The molecule has 0 fully saturated rings. The van der Waals surface area contributed by atoms with Crippen LogP contribution >= 0.6 is 0 Å². The van der Waals surface area contributed by atoms with E-state index in [9.17, 15) is 18.4 Å². The van der Waals surface area contributed by atoms with Crippen molar-refractivity contribution in [2.75, 3.05) is 5.32 Å². The maximum atomic E-state index is 13.3. The molecule has 124 valence electrons. The Morgan fingerprint density at radius 2 is 1.83 bits per heavy atom. The van der Waals surface area contributed by atoms with Crippen LogP contribution in [0.15, 0.2) is 42.5 Å². The SMILES string of the molecule is C[C@@H](NC(=O)[C@@H]1CC(=O)Nc2cc(F)ccc21)c1ccc(F)cc1. The molecule has 2 aromatic carbocycles. The summed E-state index contributed by atoms with van der Waals surface area (Å²) in [6, 6.07) is 9.47. The van der Waals surface area contributed by atoms with Crippen molar-refractivity contribution in [2.45, 2.75) is 25.3 Å². The minimum atomic E-state index is -0.683. The van der Waals surface area contributed by atoms with Crippen LogP contribution in [-0.4, -0.2) is 11.8 Å². The molecular weight excluding hydrogens is 314 g/mol. The van der Waals surface area contributed by atoms with Crippen molar-refractivity contribution in [1.82, 2.24) is 5.32 Å². The van der Waals surface area contributed by atoms with Gasteiger partial charge in [0.05, 0.1) is 12.0 Å². The molecule has 0 saturated carbocycles. The summed E-state index contributed by atoms with van der Waals surface area (Å²) < 4.78 is 26.3. The molecule has 0 bridgehead atoms. The number of halogens is 2. The second-order valence-electron chi connectivity index (χ2n) is 5.82. The lowest BCUT2D eigenvalue weighted by molar-refractivity contribution is -0.126. The first kappa shape index (κ1) is 16.1. The van der Waals surface area contributed by atoms with E-state index in [1.165, 1.54) is 30.3 Å². The van der Waals surface area contributed by atoms with E-state index in [1.54, 1.807) is 19.1 Å². The van der Waals surface area contributed by atoms with Gasteiger partial charge in [0, 0.05) is 12.1 Å². The lowest BCUT2D eigenvalue weighted by atomic mass is 9.89. The van der Waals surface area contributed by atoms with E-state index in [1.807, 2.05) is 0 Å². The predicted octanol–water partition coefficient (Wildman–Crippen LogP) is 3.27. The normalized spacial score (nSPS) is 17.6. The van der Waals surface area contributed by atoms with Crippen molar-refractivity contribution in [3.8, 4) is 0 Å². The Balaban J connectivity index is 1.80. The molecule has 24 heavy (non-hydrogen) atoms. The Morgan fingerprint density at radius 1 is 1.17 bits per heavy atom. The van der Waals surface area contributed by atoms with Crippen LogP contribution in [0.25, 0.3) is 0 Å². The number of benzene rings is 2. The fourth-order valence-corrected chi connectivity index (χ4v) is 2.82. The molecular formula is C18H16F2N2O2. The molecule has 2 N–H and O–H groups in total. The van der Waals surface area contributed by atoms with Gasteiger partial charge in [0.25, 0.3) is 0 Å². The fourth-order valence-electron chi connectivity index (χ4n) is 2.82. The molecule has 2 atom stereocenters. The Kier molecular flexibility index (Phi) is 4.29. The van der Waals surface area contributed by atoms with Crippen molar-refractivity contribution in [1.29, 1.82) is 0 Å². The zero-order valence-electron chi connectivity index (χ0n) is 13.0. The third kappa shape index (κ3) is 3.27. The molecule has 4 nitrogen and oxygen atoms in total. The summed E-state index contributed by atoms with van der Waals surface area (Å²) in [5.41, 5.74) is 1.66. The zero-order valence-corrected chi connectivity index (χ0v) is 13.0. The fraction of sp³-hybridized carbons (Fsp3) is 0.222. The molecule has 0 aliphatic carbocycles. The Labute approximate surface area is 137 Å². The van der Waals surface area contributed by atoms with Gasteiger partial charge in [-0.3, -0.25) is 9.59 Å². The Morgan fingerprint density at radius 3 is 2.54 bits per heavy atom. The Hall–Kier alpha value is -2.76. The van der Waals surface area contributed by atoms with E-state index < -0.39 is 11.7 Å². The number of nitrogens with one attached hydrogen (secondary N) is 2. The smallest absolute Gasteiger partial charge is 0.228 e. The summed E-state index contributed by atoms with van der Waals surface area (Å²) in [7, 11) is 0. The van der Waals surface area contributed by atoms with Crippen LogP contribution in [0.1, 0.15) is 36.4 Å². The number of amides is 2. The zero-order chi connectivity index (χ0) is 17.3. The summed E-state index contributed by atoms with van der Waals surface area (Å²) in [4.78, 5) is 24.4. The first-order valence-corrected chi connectivity index (χ1v) is 7.59. The summed E-state index contributed by atoms with van der Waals surface area (Å²) in [6.45, 7) is 1.78. The second kappa shape index (κ2) is 6.39. The minimum Gasteiger partial charge on any atom is -0.349 e. The van der Waals surface area contributed by atoms with Crippen LogP contribution in [0, 0.1) is 11.6 Å². The van der Waals surface area contributed by atoms with Gasteiger partial charge in [-0.1, -0.05) is 18.2 Å². The van der Waals surface area contributed by atoms with Crippen LogP contribution in [0.5, 0.6) is 0 Å². The van der Waals surface area contributed by atoms with Gasteiger partial charge in [0.1, 0.15) is 11.6 Å². The molecule has 2 amide bonds. The van der Waals surface area contributed by atoms with E-state index >= 15 is 0 Å². The van der Waals surface area contributed by atoms with Crippen LogP contribution in [0.2, 0.25) is 0 Å². The minimum absolute atomic E-state index is 0.000599. The van der Waals surface area contributed by atoms with Gasteiger partial charge >= 0.3 is 0 Å². The van der Waals surface area contributed by atoms with E-state index in [0.717, 1.165) is 5.56 Å². The summed E-state index contributed by atoms with van der Waals surface area (Å²) in [5, 5.41) is 5.40. The average Bonchev–Trinajstić information content (AvgIpc) is 2.54. The number of hydrogen-bond acceptors (Lipinski definition) is 2. The summed E-state index contributed by atoms with van der Waals surface area (Å²) >= 11 is 0. The van der Waals surface area contributed by atoms with E-state index in [2.05, 4.69) is 10.6 Å². The average molecular weight is 330 g/mol. The van der Waals surface area contributed by atoms with Crippen molar-refractivity contribution in [2.24, 2.45) is 0 Å². The van der Waals surface area contributed by atoms with Gasteiger partial charge in [-0.2, -0.15) is 0 Å². The number of anilines is 1. The van der Waals surface area contributed by atoms with Crippen LogP contribution in [0.4, 0.5) is 14.5 Å². The second-order valence-corrected chi connectivity index (χ2v) is 5.82. The molecule has 0 spiro atoms.